The largest absolute Gasteiger partial charge is 0.309 e. The minimum absolute atomic E-state index is 1.15. The zero-order chi connectivity index (χ0) is 33.9. The molecule has 11 aromatic rings. The Labute approximate surface area is 300 Å². The van der Waals surface area contributed by atoms with Gasteiger partial charge in [0.05, 0.1) is 27.8 Å². The molecule has 0 saturated carbocycles. The molecular formula is C50H30N2. The van der Waals surface area contributed by atoms with Crippen LogP contribution in [0.2, 0.25) is 0 Å². The quantitative estimate of drug-likeness (QED) is 0.179. The van der Waals surface area contributed by atoms with E-state index >= 15 is 0 Å². The highest BCUT2D eigenvalue weighted by Crippen LogP contribution is 2.51. The summed E-state index contributed by atoms with van der Waals surface area (Å²) in [5.41, 5.74) is 14.9. The Morgan fingerprint density at radius 1 is 0.308 bits per heavy atom. The molecule has 0 fully saturated rings. The number of benzene rings is 9. The van der Waals surface area contributed by atoms with Crippen molar-refractivity contribution in [2.75, 3.05) is 0 Å². The number of hydrogen-bond donors (Lipinski definition) is 0. The molecule has 1 aliphatic carbocycles. The van der Waals surface area contributed by atoms with E-state index in [4.69, 9.17) is 0 Å². The van der Waals surface area contributed by atoms with Crippen LogP contribution in [0.5, 0.6) is 0 Å². The zero-order valence-electron chi connectivity index (χ0n) is 28.2. The van der Waals surface area contributed by atoms with Gasteiger partial charge in [0.15, 0.2) is 0 Å². The first kappa shape index (κ1) is 27.9. The topological polar surface area (TPSA) is 9.86 Å². The van der Waals surface area contributed by atoms with Crippen molar-refractivity contribution in [2.24, 2.45) is 0 Å². The summed E-state index contributed by atoms with van der Waals surface area (Å²) in [6.07, 6.45) is 0. The molecule has 1 aliphatic rings. The molecule has 0 amide bonds. The summed E-state index contributed by atoms with van der Waals surface area (Å²) >= 11 is 0. The fourth-order valence-electron chi connectivity index (χ4n) is 9.30. The van der Waals surface area contributed by atoms with Gasteiger partial charge in [-0.1, -0.05) is 146 Å². The molecule has 0 saturated heterocycles. The molecular weight excluding hydrogens is 629 g/mol. The summed E-state index contributed by atoms with van der Waals surface area (Å²) in [5, 5.41) is 10.3. The van der Waals surface area contributed by atoms with Gasteiger partial charge in [-0.05, 0) is 85.8 Å². The van der Waals surface area contributed by atoms with E-state index in [1.807, 2.05) is 0 Å². The Morgan fingerprint density at radius 2 is 0.962 bits per heavy atom. The van der Waals surface area contributed by atoms with E-state index in [1.165, 1.54) is 104 Å². The molecule has 0 aliphatic heterocycles. The van der Waals surface area contributed by atoms with Gasteiger partial charge in [-0.2, -0.15) is 0 Å². The third kappa shape index (κ3) is 3.63. The van der Waals surface area contributed by atoms with Crippen molar-refractivity contribution in [3.63, 3.8) is 0 Å². The first-order valence-corrected chi connectivity index (χ1v) is 18.0. The summed E-state index contributed by atoms with van der Waals surface area (Å²) < 4.78 is 5.03. The molecule has 2 nitrogen and oxygen atoms in total. The second-order valence-corrected chi connectivity index (χ2v) is 14.0. The zero-order valence-corrected chi connectivity index (χ0v) is 28.2. The summed E-state index contributed by atoms with van der Waals surface area (Å²) in [6.45, 7) is 0. The van der Waals surface area contributed by atoms with Crippen molar-refractivity contribution in [3.8, 4) is 44.8 Å². The molecule has 52 heavy (non-hydrogen) atoms. The van der Waals surface area contributed by atoms with Gasteiger partial charge >= 0.3 is 0 Å². The van der Waals surface area contributed by atoms with Crippen molar-refractivity contribution in [1.29, 1.82) is 0 Å². The summed E-state index contributed by atoms with van der Waals surface area (Å²) in [5.74, 6) is 0. The van der Waals surface area contributed by atoms with Crippen LogP contribution in [0.3, 0.4) is 0 Å². The van der Waals surface area contributed by atoms with Gasteiger partial charge in [-0.3, -0.25) is 0 Å². The Kier molecular flexibility index (Phi) is 5.53. The van der Waals surface area contributed by atoms with Crippen LogP contribution < -0.4 is 0 Å². The molecule has 0 atom stereocenters. The van der Waals surface area contributed by atoms with Gasteiger partial charge in [0.1, 0.15) is 0 Å². The van der Waals surface area contributed by atoms with Gasteiger partial charge in [0.25, 0.3) is 0 Å². The molecule has 2 aromatic heterocycles. The van der Waals surface area contributed by atoms with Crippen molar-refractivity contribution in [2.45, 2.75) is 0 Å². The van der Waals surface area contributed by atoms with E-state index in [0.29, 0.717) is 0 Å². The first-order valence-electron chi connectivity index (χ1n) is 18.0. The summed E-state index contributed by atoms with van der Waals surface area (Å²) in [7, 11) is 0. The molecule has 0 bridgehead atoms. The maximum atomic E-state index is 2.52. The monoisotopic (exact) mass is 658 g/mol. The van der Waals surface area contributed by atoms with E-state index in [9.17, 15) is 0 Å². The molecule has 2 heterocycles. The Hall–Kier alpha value is -6.90. The van der Waals surface area contributed by atoms with Crippen molar-refractivity contribution < 1.29 is 0 Å². The lowest BCUT2D eigenvalue weighted by atomic mass is 10.0. The van der Waals surface area contributed by atoms with Crippen LogP contribution in [-0.4, -0.2) is 9.13 Å². The van der Waals surface area contributed by atoms with Crippen LogP contribution in [-0.2, 0) is 0 Å². The standard InChI is InChI=1S/C50H30N2/c1-2-11-31(12-3-1)32-23-26-35(27-24-32)51-44-29-25-33-13-4-5-16-36(33)47(44)41-28-30-45-49(50(41)51)39-17-6-7-21-42(39)52(45)43-22-10-19-38-37-18-8-14-34-15-9-20-40(46(34)37)48(38)43/h1-30H. The predicted molar refractivity (Wildman–Crippen MR) is 220 cm³/mol. The second-order valence-electron chi connectivity index (χ2n) is 14.0. The maximum Gasteiger partial charge on any atom is 0.0641 e. The minimum Gasteiger partial charge on any atom is -0.309 e. The average Bonchev–Trinajstić information content (AvgIpc) is 3.85. The number of para-hydroxylation sites is 1. The number of rotatable bonds is 3. The highest BCUT2D eigenvalue weighted by molar-refractivity contribution is 6.30. The maximum absolute atomic E-state index is 2.52. The number of fused-ring (bicyclic) bond motifs is 12. The molecule has 0 unspecified atom stereocenters. The van der Waals surface area contributed by atoms with Crippen molar-refractivity contribution in [1.82, 2.24) is 9.13 Å². The van der Waals surface area contributed by atoms with Crippen LogP contribution in [0.1, 0.15) is 0 Å². The molecule has 0 N–H and O–H groups in total. The Balaban J connectivity index is 1.22. The predicted octanol–water partition coefficient (Wildman–Crippen LogP) is 13.5. The molecule has 9 aromatic carbocycles. The van der Waals surface area contributed by atoms with Gasteiger partial charge in [0, 0.05) is 32.8 Å². The Morgan fingerprint density at radius 3 is 1.83 bits per heavy atom. The lowest BCUT2D eigenvalue weighted by Gasteiger charge is -2.14. The summed E-state index contributed by atoms with van der Waals surface area (Å²) in [6, 6.07) is 67.1. The molecule has 0 spiro atoms. The summed E-state index contributed by atoms with van der Waals surface area (Å²) in [4.78, 5) is 0. The number of nitrogens with zero attached hydrogens (tertiary/aromatic N) is 2. The molecule has 0 radical (unpaired) electrons. The third-order valence-corrected chi connectivity index (χ3v) is 11.4. The van der Waals surface area contributed by atoms with E-state index in [1.54, 1.807) is 0 Å². The lowest BCUT2D eigenvalue weighted by Crippen LogP contribution is -1.97. The van der Waals surface area contributed by atoms with E-state index in [2.05, 4.69) is 191 Å². The first-order chi connectivity index (χ1) is 25.8. The molecule has 2 heteroatoms. The average molecular weight is 659 g/mol. The van der Waals surface area contributed by atoms with Crippen molar-refractivity contribution >= 4 is 65.2 Å². The van der Waals surface area contributed by atoms with E-state index < -0.39 is 0 Å². The van der Waals surface area contributed by atoms with E-state index in [0.717, 1.165) is 5.69 Å². The van der Waals surface area contributed by atoms with Crippen LogP contribution in [0, 0.1) is 0 Å². The fraction of sp³-hybridized carbons (Fsp3) is 0. The number of aromatic nitrogens is 2. The number of hydrogen-bond acceptors (Lipinski definition) is 0. The van der Waals surface area contributed by atoms with Gasteiger partial charge in [-0.15, -0.1) is 0 Å². The lowest BCUT2D eigenvalue weighted by molar-refractivity contribution is 1.18. The molecule has 240 valence electrons. The van der Waals surface area contributed by atoms with Gasteiger partial charge < -0.3 is 9.13 Å². The van der Waals surface area contributed by atoms with Crippen LogP contribution >= 0.6 is 0 Å². The SMILES string of the molecule is c1ccc(-c2ccc(-n3c4ccc5ccccc5c4c4ccc5c(c6ccccc6n5-c5cccc6c5-c5cccc7cccc-6c57)c43)cc2)cc1. The Bertz CT molecular complexity index is 3260. The van der Waals surface area contributed by atoms with Crippen LogP contribution in [0.4, 0.5) is 0 Å². The van der Waals surface area contributed by atoms with Crippen LogP contribution in [0.25, 0.3) is 110 Å². The van der Waals surface area contributed by atoms with Gasteiger partial charge in [0.2, 0.25) is 0 Å². The molecule has 12 rings (SSSR count). The fourth-order valence-corrected chi connectivity index (χ4v) is 9.30. The highest BCUT2D eigenvalue weighted by atomic mass is 15.0. The minimum atomic E-state index is 1.15. The third-order valence-electron chi connectivity index (χ3n) is 11.4. The van der Waals surface area contributed by atoms with Crippen molar-refractivity contribution in [3.05, 3.63) is 182 Å². The highest BCUT2D eigenvalue weighted by Gasteiger charge is 2.27. The van der Waals surface area contributed by atoms with Crippen LogP contribution in [0.15, 0.2) is 182 Å². The normalized spacial score (nSPS) is 12.2. The second kappa shape index (κ2) is 10.3. The van der Waals surface area contributed by atoms with E-state index in [-0.39, 0.29) is 0 Å². The van der Waals surface area contributed by atoms with Gasteiger partial charge in [-0.25, -0.2) is 0 Å². The smallest absolute Gasteiger partial charge is 0.0641 e.